The van der Waals surface area contributed by atoms with Gasteiger partial charge in [-0.05, 0) is 18.6 Å². The lowest BCUT2D eigenvalue weighted by Gasteiger charge is -2.25. The van der Waals surface area contributed by atoms with E-state index in [0.29, 0.717) is 11.9 Å². The summed E-state index contributed by atoms with van der Waals surface area (Å²) in [5.74, 6) is -0.430. The number of nitrogens with one attached hydrogen (secondary N) is 1. The molecule has 0 bridgehead atoms. The first-order chi connectivity index (χ1) is 9.93. The highest BCUT2D eigenvalue weighted by Gasteiger charge is 2.42. The van der Waals surface area contributed by atoms with Crippen molar-refractivity contribution in [3.63, 3.8) is 0 Å². The molecule has 1 aliphatic heterocycles. The number of benzene rings is 1. The molecule has 1 aliphatic rings. The van der Waals surface area contributed by atoms with Gasteiger partial charge in [0.2, 0.25) is 0 Å². The SMILES string of the molecule is COC1(CNc2nc3cccc(F)c3o2)CCS(=O)(=O)C1. The van der Waals surface area contributed by atoms with Gasteiger partial charge in [0.15, 0.2) is 21.2 Å². The summed E-state index contributed by atoms with van der Waals surface area (Å²) in [6.07, 6.45) is 0.410. The Kier molecular flexibility index (Phi) is 3.37. The number of fused-ring (bicyclic) bond motifs is 1. The fourth-order valence-corrected chi connectivity index (χ4v) is 4.48. The summed E-state index contributed by atoms with van der Waals surface area (Å²) in [4.78, 5) is 4.11. The third-order valence-electron chi connectivity index (χ3n) is 3.71. The zero-order valence-corrected chi connectivity index (χ0v) is 12.2. The Balaban J connectivity index is 1.78. The van der Waals surface area contributed by atoms with E-state index in [4.69, 9.17) is 9.15 Å². The number of halogens is 1. The van der Waals surface area contributed by atoms with Gasteiger partial charge >= 0.3 is 0 Å². The Hall–Kier alpha value is -1.67. The van der Waals surface area contributed by atoms with Crippen molar-refractivity contribution < 1.29 is 22.0 Å². The Bertz CT molecular complexity index is 774. The fourth-order valence-electron chi connectivity index (χ4n) is 2.49. The molecule has 1 aromatic carbocycles. The minimum absolute atomic E-state index is 0.0436. The summed E-state index contributed by atoms with van der Waals surface area (Å²) in [5, 5.41) is 2.90. The largest absolute Gasteiger partial charge is 0.420 e. The van der Waals surface area contributed by atoms with E-state index in [9.17, 15) is 12.8 Å². The summed E-state index contributed by atoms with van der Waals surface area (Å²) in [6.45, 7) is 0.233. The van der Waals surface area contributed by atoms with Crippen molar-refractivity contribution >= 4 is 27.0 Å². The molecule has 6 nitrogen and oxygen atoms in total. The van der Waals surface area contributed by atoms with Crippen LogP contribution in [0, 0.1) is 5.82 Å². The zero-order chi connectivity index (χ0) is 15.1. The van der Waals surface area contributed by atoms with Gasteiger partial charge in [0, 0.05) is 13.7 Å². The average Bonchev–Trinajstić information content (AvgIpc) is 2.99. The Labute approximate surface area is 121 Å². The average molecular weight is 314 g/mol. The number of hydrogen-bond acceptors (Lipinski definition) is 6. The maximum absolute atomic E-state index is 13.5. The molecule has 21 heavy (non-hydrogen) atoms. The van der Waals surface area contributed by atoms with Crippen molar-refractivity contribution in [2.24, 2.45) is 0 Å². The van der Waals surface area contributed by atoms with Crippen molar-refractivity contribution in [2.45, 2.75) is 12.0 Å². The van der Waals surface area contributed by atoms with Crippen molar-refractivity contribution in [2.75, 3.05) is 30.5 Å². The van der Waals surface area contributed by atoms with E-state index < -0.39 is 21.3 Å². The molecule has 1 unspecified atom stereocenters. The minimum atomic E-state index is -3.08. The number of methoxy groups -OCH3 is 1. The van der Waals surface area contributed by atoms with Crippen LogP contribution in [0.15, 0.2) is 22.6 Å². The summed E-state index contributed by atoms with van der Waals surface area (Å²) in [5.41, 5.74) is -0.314. The van der Waals surface area contributed by atoms with Crippen LogP contribution in [-0.4, -0.2) is 44.2 Å². The Morgan fingerprint density at radius 2 is 2.33 bits per heavy atom. The summed E-state index contributed by atoms with van der Waals surface area (Å²) >= 11 is 0. The van der Waals surface area contributed by atoms with Crippen LogP contribution >= 0.6 is 0 Å². The lowest BCUT2D eigenvalue weighted by atomic mass is 10.0. The third kappa shape index (κ3) is 2.73. The van der Waals surface area contributed by atoms with E-state index in [1.54, 1.807) is 12.1 Å². The molecule has 2 heterocycles. The molecular formula is C13H15FN2O4S. The number of rotatable bonds is 4. The fraction of sp³-hybridized carbons (Fsp3) is 0.462. The highest BCUT2D eigenvalue weighted by Crippen LogP contribution is 2.28. The van der Waals surface area contributed by atoms with Crippen molar-refractivity contribution in [1.29, 1.82) is 0 Å². The van der Waals surface area contributed by atoms with E-state index in [1.165, 1.54) is 13.2 Å². The minimum Gasteiger partial charge on any atom is -0.420 e. The molecule has 114 valence electrons. The first kappa shape index (κ1) is 14.3. The van der Waals surface area contributed by atoms with Gasteiger partial charge in [0.05, 0.1) is 17.1 Å². The van der Waals surface area contributed by atoms with E-state index >= 15 is 0 Å². The van der Waals surface area contributed by atoms with E-state index in [1.807, 2.05) is 0 Å². The quantitative estimate of drug-likeness (QED) is 0.923. The lowest BCUT2D eigenvalue weighted by molar-refractivity contribution is 0.0237. The topological polar surface area (TPSA) is 81.4 Å². The molecule has 1 atom stereocenters. The van der Waals surface area contributed by atoms with Crippen LogP contribution in [0.1, 0.15) is 6.42 Å². The van der Waals surface area contributed by atoms with Crippen LogP contribution in [0.3, 0.4) is 0 Å². The number of nitrogens with zero attached hydrogens (tertiary/aromatic N) is 1. The second-order valence-corrected chi connectivity index (χ2v) is 7.37. The van der Waals surface area contributed by atoms with Crippen molar-refractivity contribution in [1.82, 2.24) is 4.98 Å². The predicted molar refractivity (Wildman–Crippen MR) is 75.5 cm³/mol. The molecule has 0 spiro atoms. The second-order valence-electron chi connectivity index (χ2n) is 5.19. The van der Waals surface area contributed by atoms with Crippen molar-refractivity contribution in [3.8, 4) is 0 Å². The summed E-state index contributed by atoms with van der Waals surface area (Å²) in [6, 6.07) is 4.62. The monoisotopic (exact) mass is 314 g/mol. The van der Waals surface area contributed by atoms with Gasteiger partial charge in [-0.25, -0.2) is 12.8 Å². The number of ether oxygens (including phenoxy) is 1. The van der Waals surface area contributed by atoms with Gasteiger partial charge in [-0.15, -0.1) is 0 Å². The standard InChI is InChI=1S/C13H15FN2O4S/c1-19-13(5-6-21(17,18)8-13)7-15-12-16-10-4-2-3-9(14)11(10)20-12/h2-4H,5-8H2,1H3,(H,15,16). The van der Waals surface area contributed by atoms with Gasteiger partial charge in [-0.1, -0.05) is 6.07 Å². The summed E-state index contributed by atoms with van der Waals surface area (Å²) < 4.78 is 47.4. The number of anilines is 1. The maximum Gasteiger partial charge on any atom is 0.295 e. The highest BCUT2D eigenvalue weighted by atomic mass is 32.2. The van der Waals surface area contributed by atoms with E-state index in [-0.39, 0.29) is 29.6 Å². The number of para-hydroxylation sites is 1. The van der Waals surface area contributed by atoms with Gasteiger partial charge in [0.1, 0.15) is 5.52 Å². The second kappa shape index (κ2) is 4.96. The van der Waals surface area contributed by atoms with Gasteiger partial charge in [0.25, 0.3) is 6.01 Å². The van der Waals surface area contributed by atoms with Crippen LogP contribution in [0.25, 0.3) is 11.1 Å². The molecule has 1 N–H and O–H groups in total. The summed E-state index contributed by atoms with van der Waals surface area (Å²) in [7, 11) is -1.60. The van der Waals surface area contributed by atoms with Crippen LogP contribution in [0.2, 0.25) is 0 Å². The molecule has 0 amide bonds. The highest BCUT2D eigenvalue weighted by molar-refractivity contribution is 7.91. The van der Waals surface area contributed by atoms with Crippen LogP contribution < -0.4 is 5.32 Å². The molecule has 1 saturated heterocycles. The van der Waals surface area contributed by atoms with Gasteiger partial charge < -0.3 is 14.5 Å². The normalized spacial score (nSPS) is 24.5. The van der Waals surface area contributed by atoms with E-state index in [0.717, 1.165) is 0 Å². The molecule has 0 aliphatic carbocycles. The number of sulfone groups is 1. The van der Waals surface area contributed by atoms with Crippen molar-refractivity contribution in [3.05, 3.63) is 24.0 Å². The number of aromatic nitrogens is 1. The molecule has 1 aromatic heterocycles. The molecule has 0 saturated carbocycles. The molecule has 1 fully saturated rings. The van der Waals surface area contributed by atoms with Gasteiger partial charge in [-0.3, -0.25) is 0 Å². The maximum atomic E-state index is 13.5. The first-order valence-electron chi connectivity index (χ1n) is 6.48. The van der Waals surface area contributed by atoms with Crippen LogP contribution in [0.4, 0.5) is 10.4 Å². The van der Waals surface area contributed by atoms with Crippen LogP contribution in [0.5, 0.6) is 0 Å². The Morgan fingerprint density at radius 1 is 1.52 bits per heavy atom. The van der Waals surface area contributed by atoms with Gasteiger partial charge in [-0.2, -0.15) is 4.98 Å². The zero-order valence-electron chi connectivity index (χ0n) is 11.4. The smallest absolute Gasteiger partial charge is 0.295 e. The third-order valence-corrected chi connectivity index (χ3v) is 5.51. The molecule has 3 rings (SSSR count). The molecular weight excluding hydrogens is 299 g/mol. The predicted octanol–water partition coefficient (Wildman–Crippen LogP) is 1.58. The number of oxazole rings is 1. The van der Waals surface area contributed by atoms with E-state index in [2.05, 4.69) is 10.3 Å². The van der Waals surface area contributed by atoms with Crippen LogP contribution in [-0.2, 0) is 14.6 Å². The first-order valence-corrected chi connectivity index (χ1v) is 8.30. The molecule has 2 aromatic rings. The molecule has 8 heteroatoms. The Morgan fingerprint density at radius 3 is 2.95 bits per heavy atom. The number of hydrogen-bond donors (Lipinski definition) is 1. The lowest BCUT2D eigenvalue weighted by Crippen LogP contribution is -2.40. The molecule has 0 radical (unpaired) electrons.